The van der Waals surface area contributed by atoms with Gasteiger partial charge in [0.15, 0.2) is 0 Å². The van der Waals surface area contributed by atoms with Gasteiger partial charge in [-0.3, -0.25) is 0 Å². The summed E-state index contributed by atoms with van der Waals surface area (Å²) in [6.07, 6.45) is 6.00. The normalized spacial score (nSPS) is 10.6. The van der Waals surface area contributed by atoms with Crippen LogP contribution in [0.3, 0.4) is 0 Å². The van der Waals surface area contributed by atoms with Crippen LogP contribution in [0.2, 0.25) is 0 Å². The van der Waals surface area contributed by atoms with Crippen molar-refractivity contribution in [2.24, 2.45) is 0 Å². The monoisotopic (exact) mass is 100 g/mol. The number of rotatable bonds is 3. The summed E-state index contributed by atoms with van der Waals surface area (Å²) in [5, 5.41) is 8.21. The summed E-state index contributed by atoms with van der Waals surface area (Å²) in [5.74, 6) is 0. The summed E-state index contributed by atoms with van der Waals surface area (Å²) < 4.78 is 0. The van der Waals surface area contributed by atoms with Gasteiger partial charge in [0.05, 0.1) is 6.61 Å². The lowest BCUT2D eigenvalue weighted by atomic mass is 10.3. The molecule has 0 atom stereocenters. The molecule has 0 fully saturated rings. The number of unbranched alkanes of at least 4 members (excludes halogenated alkanes) is 1. The third kappa shape index (κ3) is 5.70. The molecule has 1 heteroatoms. The second-order valence-corrected chi connectivity index (χ2v) is 1.44. The number of aliphatic hydroxyl groups is 1. The van der Waals surface area contributed by atoms with Gasteiger partial charge < -0.3 is 5.11 Å². The zero-order valence-corrected chi connectivity index (χ0v) is 4.72. The quantitative estimate of drug-likeness (QED) is 0.530. The van der Waals surface area contributed by atoms with E-state index in [1.54, 1.807) is 6.08 Å². The fourth-order valence-corrected chi connectivity index (χ4v) is 0.359. The molecule has 0 amide bonds. The van der Waals surface area contributed by atoms with E-state index in [1.807, 2.05) is 6.08 Å². The SMILES string of the molecule is CCC/C=C\CO. The average molecular weight is 100 g/mol. The number of hydrogen-bond acceptors (Lipinski definition) is 1. The molecular formula is C6H12O. The van der Waals surface area contributed by atoms with Crippen molar-refractivity contribution in [3.8, 4) is 0 Å². The van der Waals surface area contributed by atoms with Crippen molar-refractivity contribution in [2.75, 3.05) is 6.61 Å². The molecule has 0 radical (unpaired) electrons. The first-order chi connectivity index (χ1) is 3.41. The van der Waals surface area contributed by atoms with E-state index in [0.717, 1.165) is 12.8 Å². The van der Waals surface area contributed by atoms with Crippen molar-refractivity contribution in [3.63, 3.8) is 0 Å². The lowest BCUT2D eigenvalue weighted by Crippen LogP contribution is -1.69. The number of hydrogen-bond donors (Lipinski definition) is 1. The van der Waals surface area contributed by atoms with Gasteiger partial charge >= 0.3 is 0 Å². The summed E-state index contributed by atoms with van der Waals surface area (Å²) in [4.78, 5) is 0. The molecule has 0 aromatic rings. The van der Waals surface area contributed by atoms with E-state index in [1.165, 1.54) is 0 Å². The molecule has 0 aliphatic carbocycles. The maximum Gasteiger partial charge on any atom is 0.0612 e. The minimum atomic E-state index is 0.181. The van der Waals surface area contributed by atoms with Gasteiger partial charge in [-0.15, -0.1) is 0 Å². The Hall–Kier alpha value is -0.300. The van der Waals surface area contributed by atoms with E-state index < -0.39 is 0 Å². The Morgan fingerprint density at radius 1 is 1.43 bits per heavy atom. The van der Waals surface area contributed by atoms with Crippen molar-refractivity contribution < 1.29 is 5.11 Å². The van der Waals surface area contributed by atoms with Crippen molar-refractivity contribution in [2.45, 2.75) is 19.8 Å². The standard InChI is InChI=1S/C6H12O/c1-2-3-4-5-6-7/h4-5,7H,2-3,6H2,1H3/b5-4-. The maximum atomic E-state index is 8.21. The predicted octanol–water partition coefficient (Wildman–Crippen LogP) is 1.33. The van der Waals surface area contributed by atoms with Gasteiger partial charge in [-0.05, 0) is 6.42 Å². The van der Waals surface area contributed by atoms with E-state index in [9.17, 15) is 0 Å². The maximum absolute atomic E-state index is 8.21. The molecule has 0 rings (SSSR count). The number of aliphatic hydroxyl groups excluding tert-OH is 1. The Bertz CT molecular complexity index is 48.1. The highest BCUT2D eigenvalue weighted by Crippen LogP contribution is 1.85. The van der Waals surface area contributed by atoms with E-state index >= 15 is 0 Å². The lowest BCUT2D eigenvalue weighted by molar-refractivity contribution is 0.342. The van der Waals surface area contributed by atoms with Crippen LogP contribution in [0.4, 0.5) is 0 Å². The Morgan fingerprint density at radius 3 is 2.57 bits per heavy atom. The van der Waals surface area contributed by atoms with Crippen molar-refractivity contribution in [1.29, 1.82) is 0 Å². The molecule has 0 bridgehead atoms. The molecule has 0 unspecified atom stereocenters. The molecule has 0 aromatic heterocycles. The molecule has 0 aliphatic heterocycles. The average Bonchev–Trinajstić information content (AvgIpc) is 1.69. The van der Waals surface area contributed by atoms with Gasteiger partial charge in [-0.25, -0.2) is 0 Å². The van der Waals surface area contributed by atoms with Crippen LogP contribution in [-0.4, -0.2) is 11.7 Å². The van der Waals surface area contributed by atoms with Crippen LogP contribution >= 0.6 is 0 Å². The van der Waals surface area contributed by atoms with Crippen LogP contribution in [0.1, 0.15) is 19.8 Å². The molecule has 0 saturated carbocycles. The topological polar surface area (TPSA) is 20.2 Å². The third-order valence-electron chi connectivity index (χ3n) is 0.727. The predicted molar refractivity (Wildman–Crippen MR) is 31.1 cm³/mol. The first-order valence-electron chi connectivity index (χ1n) is 2.67. The lowest BCUT2D eigenvalue weighted by Gasteiger charge is -1.79. The zero-order chi connectivity index (χ0) is 5.54. The molecule has 0 spiro atoms. The fraction of sp³-hybridized carbons (Fsp3) is 0.667. The molecule has 0 aromatic carbocycles. The Kier molecular flexibility index (Phi) is 5.46. The van der Waals surface area contributed by atoms with Gasteiger partial charge in [0.2, 0.25) is 0 Å². The number of allylic oxidation sites excluding steroid dienone is 1. The molecule has 1 nitrogen and oxygen atoms in total. The molecular weight excluding hydrogens is 88.1 g/mol. The van der Waals surface area contributed by atoms with Gasteiger partial charge in [0, 0.05) is 0 Å². The Labute approximate surface area is 44.7 Å². The highest BCUT2D eigenvalue weighted by atomic mass is 16.2. The summed E-state index contributed by atoms with van der Waals surface area (Å²) >= 11 is 0. The second-order valence-electron chi connectivity index (χ2n) is 1.44. The van der Waals surface area contributed by atoms with E-state index in [-0.39, 0.29) is 6.61 Å². The van der Waals surface area contributed by atoms with Crippen LogP contribution in [-0.2, 0) is 0 Å². The van der Waals surface area contributed by atoms with Gasteiger partial charge in [-0.1, -0.05) is 25.5 Å². The fourth-order valence-electron chi connectivity index (χ4n) is 0.359. The molecule has 1 N–H and O–H groups in total. The minimum absolute atomic E-state index is 0.181. The molecule has 0 aliphatic rings. The van der Waals surface area contributed by atoms with Crippen LogP contribution in [0, 0.1) is 0 Å². The minimum Gasteiger partial charge on any atom is -0.392 e. The first kappa shape index (κ1) is 6.70. The molecule has 42 valence electrons. The van der Waals surface area contributed by atoms with Crippen LogP contribution < -0.4 is 0 Å². The van der Waals surface area contributed by atoms with Gasteiger partial charge in [0.1, 0.15) is 0 Å². The van der Waals surface area contributed by atoms with Crippen LogP contribution in [0.15, 0.2) is 12.2 Å². The highest BCUT2D eigenvalue weighted by molar-refractivity contribution is 4.79. The summed E-state index contributed by atoms with van der Waals surface area (Å²) in [6, 6.07) is 0. The molecule has 0 heterocycles. The third-order valence-corrected chi connectivity index (χ3v) is 0.727. The van der Waals surface area contributed by atoms with Crippen LogP contribution in [0.5, 0.6) is 0 Å². The van der Waals surface area contributed by atoms with E-state index in [4.69, 9.17) is 5.11 Å². The molecule has 7 heavy (non-hydrogen) atoms. The zero-order valence-electron chi connectivity index (χ0n) is 4.72. The van der Waals surface area contributed by atoms with Gasteiger partial charge in [-0.2, -0.15) is 0 Å². The summed E-state index contributed by atoms with van der Waals surface area (Å²) in [7, 11) is 0. The summed E-state index contributed by atoms with van der Waals surface area (Å²) in [5.41, 5.74) is 0. The smallest absolute Gasteiger partial charge is 0.0612 e. The Balaban J connectivity index is 2.78. The van der Waals surface area contributed by atoms with E-state index in [2.05, 4.69) is 6.92 Å². The highest BCUT2D eigenvalue weighted by Gasteiger charge is 1.68. The van der Waals surface area contributed by atoms with Crippen molar-refractivity contribution in [3.05, 3.63) is 12.2 Å². The van der Waals surface area contributed by atoms with Gasteiger partial charge in [0.25, 0.3) is 0 Å². The van der Waals surface area contributed by atoms with E-state index in [0.29, 0.717) is 0 Å². The van der Waals surface area contributed by atoms with Crippen LogP contribution in [0.25, 0.3) is 0 Å². The molecule has 0 saturated heterocycles. The van der Waals surface area contributed by atoms with Crippen molar-refractivity contribution >= 4 is 0 Å². The van der Waals surface area contributed by atoms with Crippen molar-refractivity contribution in [1.82, 2.24) is 0 Å². The second kappa shape index (κ2) is 5.70. The Morgan fingerprint density at radius 2 is 2.14 bits per heavy atom. The first-order valence-corrected chi connectivity index (χ1v) is 2.67. The largest absolute Gasteiger partial charge is 0.392 e. The summed E-state index contributed by atoms with van der Waals surface area (Å²) in [6.45, 7) is 2.29.